The quantitative estimate of drug-likeness (QED) is 0.471. The Bertz CT molecular complexity index is 533. The predicted molar refractivity (Wildman–Crippen MR) is 87.1 cm³/mol. The Morgan fingerprint density at radius 3 is 2.57 bits per heavy atom. The molecule has 1 heterocycles. The van der Waals surface area contributed by atoms with Crippen LogP contribution in [0.5, 0.6) is 0 Å². The molecule has 0 aliphatic carbocycles. The molecule has 3 nitrogen and oxygen atoms in total. The molecule has 21 heavy (non-hydrogen) atoms. The Morgan fingerprint density at radius 1 is 1.00 bits per heavy atom. The van der Waals surface area contributed by atoms with Crippen molar-refractivity contribution in [1.82, 2.24) is 4.57 Å². The van der Waals surface area contributed by atoms with Crippen LogP contribution in [0.1, 0.15) is 52.4 Å². The van der Waals surface area contributed by atoms with Gasteiger partial charge in [0.1, 0.15) is 0 Å². The highest BCUT2D eigenvalue weighted by Crippen LogP contribution is 2.13. The number of fused-ring (bicyclic) bond motifs is 1. The fourth-order valence-corrected chi connectivity index (χ4v) is 2.78. The largest absolute Gasteiger partial charge is 0.342 e. The van der Waals surface area contributed by atoms with E-state index in [1.54, 1.807) is 0 Å². The van der Waals surface area contributed by atoms with Crippen molar-refractivity contribution < 1.29 is 9.30 Å². The van der Waals surface area contributed by atoms with E-state index in [4.69, 9.17) is 4.74 Å². The van der Waals surface area contributed by atoms with Crippen molar-refractivity contribution in [3.8, 4) is 0 Å². The summed E-state index contributed by atoms with van der Waals surface area (Å²) in [5.74, 6) is 0. The number of rotatable bonds is 10. The standard InChI is InChI=1S/C18H29N2O/c1-3-5-6-7-8-11-14-19-15-20(16-21-4-2)18-13-10-9-12-17(18)19/h9-10,12-13,15H,3-8,11,14,16H2,1-2H3/q+1. The number of para-hydroxylation sites is 2. The van der Waals surface area contributed by atoms with Crippen molar-refractivity contribution in [1.29, 1.82) is 0 Å². The van der Waals surface area contributed by atoms with Crippen LogP contribution in [0.4, 0.5) is 0 Å². The molecule has 0 atom stereocenters. The van der Waals surface area contributed by atoms with Crippen LogP contribution in [0, 0.1) is 0 Å². The summed E-state index contributed by atoms with van der Waals surface area (Å²) in [6, 6.07) is 8.59. The molecule has 0 saturated carbocycles. The zero-order valence-corrected chi connectivity index (χ0v) is 13.6. The predicted octanol–water partition coefficient (Wildman–Crippen LogP) is 4.28. The number of imidazole rings is 1. The lowest BCUT2D eigenvalue weighted by Crippen LogP contribution is -2.33. The first-order valence-corrected chi connectivity index (χ1v) is 8.41. The fourth-order valence-electron chi connectivity index (χ4n) is 2.78. The Morgan fingerprint density at radius 2 is 1.76 bits per heavy atom. The highest BCUT2D eigenvalue weighted by molar-refractivity contribution is 5.71. The first-order chi connectivity index (χ1) is 10.4. The maximum Gasteiger partial charge on any atom is 0.246 e. The first-order valence-electron chi connectivity index (χ1n) is 8.41. The number of aryl methyl sites for hydroxylation is 1. The monoisotopic (exact) mass is 289 g/mol. The minimum absolute atomic E-state index is 0.639. The molecule has 0 aliphatic heterocycles. The average molecular weight is 289 g/mol. The van der Waals surface area contributed by atoms with Gasteiger partial charge in [-0.2, -0.15) is 0 Å². The first kappa shape index (κ1) is 16.0. The number of benzene rings is 1. The van der Waals surface area contributed by atoms with E-state index in [0.29, 0.717) is 6.73 Å². The lowest BCUT2D eigenvalue weighted by Gasteiger charge is -1.99. The van der Waals surface area contributed by atoms with Crippen molar-refractivity contribution in [2.45, 2.75) is 65.6 Å². The van der Waals surface area contributed by atoms with E-state index in [9.17, 15) is 0 Å². The molecule has 2 rings (SSSR count). The molecule has 3 heteroatoms. The van der Waals surface area contributed by atoms with Crippen LogP contribution in [0.25, 0.3) is 11.0 Å². The molecule has 2 aromatic rings. The van der Waals surface area contributed by atoms with Crippen LogP contribution in [0.2, 0.25) is 0 Å². The summed E-state index contributed by atoms with van der Waals surface area (Å²) in [7, 11) is 0. The van der Waals surface area contributed by atoms with Crippen molar-refractivity contribution in [2.75, 3.05) is 6.61 Å². The van der Waals surface area contributed by atoms with Gasteiger partial charge in [-0.3, -0.25) is 0 Å². The Hall–Kier alpha value is -1.35. The molecule has 0 radical (unpaired) electrons. The molecule has 0 saturated heterocycles. The minimum atomic E-state index is 0.639. The van der Waals surface area contributed by atoms with E-state index in [-0.39, 0.29) is 0 Å². The van der Waals surface area contributed by atoms with Gasteiger partial charge in [-0.1, -0.05) is 44.7 Å². The summed E-state index contributed by atoms with van der Waals surface area (Å²) in [5.41, 5.74) is 2.57. The Balaban J connectivity index is 1.95. The summed E-state index contributed by atoms with van der Waals surface area (Å²) >= 11 is 0. The lowest BCUT2D eigenvalue weighted by atomic mass is 10.1. The summed E-state index contributed by atoms with van der Waals surface area (Å²) < 4.78 is 10.1. The summed E-state index contributed by atoms with van der Waals surface area (Å²) in [4.78, 5) is 0. The third-order valence-corrected chi connectivity index (χ3v) is 3.97. The molecule has 0 N–H and O–H groups in total. The number of hydrogen-bond acceptors (Lipinski definition) is 1. The molecule has 0 bridgehead atoms. The maximum absolute atomic E-state index is 5.56. The third-order valence-electron chi connectivity index (χ3n) is 3.97. The molecule has 0 fully saturated rings. The van der Waals surface area contributed by atoms with Gasteiger partial charge in [-0.25, -0.2) is 9.13 Å². The number of hydrogen-bond donors (Lipinski definition) is 0. The second-order valence-corrected chi connectivity index (χ2v) is 5.66. The SMILES string of the molecule is CCCCCCCCn1c[n+](COCC)c2ccccc21. The van der Waals surface area contributed by atoms with Crippen molar-refractivity contribution in [3.05, 3.63) is 30.6 Å². The average Bonchev–Trinajstić information content (AvgIpc) is 2.87. The van der Waals surface area contributed by atoms with Crippen molar-refractivity contribution in [2.24, 2.45) is 0 Å². The summed E-state index contributed by atoms with van der Waals surface area (Å²) in [5, 5.41) is 0. The summed E-state index contributed by atoms with van der Waals surface area (Å²) in [6.45, 7) is 6.80. The van der Waals surface area contributed by atoms with Gasteiger partial charge in [-0.05, 0) is 31.9 Å². The van der Waals surface area contributed by atoms with E-state index in [0.717, 1.165) is 13.2 Å². The van der Waals surface area contributed by atoms with E-state index in [1.807, 2.05) is 6.92 Å². The number of nitrogens with zero attached hydrogens (tertiary/aromatic N) is 2. The van der Waals surface area contributed by atoms with Gasteiger partial charge in [0.25, 0.3) is 0 Å². The van der Waals surface area contributed by atoms with Gasteiger partial charge in [0.15, 0.2) is 17.8 Å². The second kappa shape index (κ2) is 8.83. The fraction of sp³-hybridized carbons (Fsp3) is 0.611. The molecule has 0 unspecified atom stereocenters. The van der Waals surface area contributed by atoms with Gasteiger partial charge in [0.05, 0.1) is 6.54 Å². The lowest BCUT2D eigenvalue weighted by molar-refractivity contribution is -0.709. The topological polar surface area (TPSA) is 18.0 Å². The molecule has 116 valence electrons. The molecule has 0 aliphatic rings. The molecule has 1 aromatic carbocycles. The van der Waals surface area contributed by atoms with Crippen molar-refractivity contribution >= 4 is 11.0 Å². The van der Waals surface area contributed by atoms with E-state index in [2.05, 4.69) is 46.7 Å². The zero-order chi connectivity index (χ0) is 14.9. The minimum Gasteiger partial charge on any atom is -0.342 e. The van der Waals surface area contributed by atoms with Gasteiger partial charge in [0.2, 0.25) is 6.33 Å². The smallest absolute Gasteiger partial charge is 0.246 e. The number of ether oxygens (including phenoxy) is 1. The highest BCUT2D eigenvalue weighted by Gasteiger charge is 2.14. The zero-order valence-electron chi connectivity index (χ0n) is 13.6. The molecule has 0 spiro atoms. The van der Waals surface area contributed by atoms with Crippen molar-refractivity contribution in [3.63, 3.8) is 0 Å². The van der Waals surface area contributed by atoms with Crippen LogP contribution in [-0.4, -0.2) is 11.2 Å². The molecule has 0 amide bonds. The van der Waals surface area contributed by atoms with Crippen LogP contribution >= 0.6 is 0 Å². The third kappa shape index (κ3) is 4.57. The Kier molecular flexibility index (Phi) is 6.74. The van der Waals surface area contributed by atoms with E-state index < -0.39 is 0 Å². The van der Waals surface area contributed by atoms with Gasteiger partial charge < -0.3 is 4.74 Å². The van der Waals surface area contributed by atoms with Gasteiger partial charge in [0, 0.05) is 6.61 Å². The normalized spacial score (nSPS) is 11.3. The van der Waals surface area contributed by atoms with Gasteiger partial charge in [-0.15, -0.1) is 0 Å². The molecular formula is C18H29N2O+. The van der Waals surface area contributed by atoms with E-state index in [1.165, 1.54) is 49.6 Å². The number of unbranched alkanes of at least 4 members (excludes halogenated alkanes) is 5. The maximum atomic E-state index is 5.56. The van der Waals surface area contributed by atoms with E-state index >= 15 is 0 Å². The van der Waals surface area contributed by atoms with Crippen LogP contribution in [0.15, 0.2) is 30.6 Å². The second-order valence-electron chi connectivity index (χ2n) is 5.66. The number of aromatic nitrogens is 2. The highest BCUT2D eigenvalue weighted by atomic mass is 16.5. The Labute approximate surface area is 128 Å². The van der Waals surface area contributed by atoms with Crippen LogP contribution in [-0.2, 0) is 18.0 Å². The van der Waals surface area contributed by atoms with Crippen LogP contribution < -0.4 is 4.57 Å². The molecule has 1 aromatic heterocycles. The summed E-state index contributed by atoms with van der Waals surface area (Å²) in [6.07, 6.45) is 10.2. The van der Waals surface area contributed by atoms with Gasteiger partial charge >= 0.3 is 0 Å². The van der Waals surface area contributed by atoms with Crippen LogP contribution in [0.3, 0.4) is 0 Å². The molecular weight excluding hydrogens is 260 g/mol.